The molecular weight excluding hydrogens is 135 g/mol. The Kier molecular flexibility index (Phi) is 1.24. The molecule has 0 N–H and O–H groups in total. The maximum absolute atomic E-state index is 11.6. The lowest BCUT2D eigenvalue weighted by Crippen LogP contribution is -2.04. The van der Waals surface area contributed by atoms with Crippen LogP contribution in [-0.2, 0) is 15.0 Å². The van der Waals surface area contributed by atoms with Crippen LogP contribution in [0.1, 0.15) is 0 Å². The van der Waals surface area contributed by atoms with Gasteiger partial charge in [-0.15, -0.1) is 3.89 Å². The van der Waals surface area contributed by atoms with Crippen molar-refractivity contribution in [3.8, 4) is 0 Å². The lowest BCUT2D eigenvalue weighted by Gasteiger charge is -1.82. The van der Waals surface area contributed by atoms with Crippen molar-refractivity contribution in [2.75, 3.05) is 12.4 Å². The number of epoxide rings is 1. The first-order valence-corrected chi connectivity index (χ1v) is 3.67. The highest BCUT2D eigenvalue weighted by molar-refractivity contribution is 7.86. The van der Waals surface area contributed by atoms with E-state index in [1.165, 1.54) is 0 Å². The molecule has 0 aromatic carbocycles. The quantitative estimate of drug-likeness (QED) is 0.390. The molecule has 0 aromatic heterocycles. The van der Waals surface area contributed by atoms with E-state index in [9.17, 15) is 12.3 Å². The van der Waals surface area contributed by atoms with Crippen LogP contribution in [-0.4, -0.2) is 26.9 Å². The zero-order valence-electron chi connectivity index (χ0n) is 4.00. The van der Waals surface area contributed by atoms with E-state index in [0.717, 1.165) is 0 Å². The first kappa shape index (κ1) is 5.97. The average Bonchev–Trinajstić information content (AvgIpc) is 2.12. The molecule has 1 atom stereocenters. The minimum absolute atomic E-state index is 0.370. The molecule has 1 aliphatic rings. The van der Waals surface area contributed by atoms with Crippen LogP contribution in [0, 0.1) is 0 Å². The highest BCUT2D eigenvalue weighted by Gasteiger charge is 2.28. The summed E-state index contributed by atoms with van der Waals surface area (Å²) in [6, 6.07) is 0. The van der Waals surface area contributed by atoms with Crippen molar-refractivity contribution in [3.05, 3.63) is 0 Å². The molecule has 1 heterocycles. The van der Waals surface area contributed by atoms with Crippen molar-refractivity contribution in [3.63, 3.8) is 0 Å². The Morgan fingerprint density at radius 1 is 1.75 bits per heavy atom. The van der Waals surface area contributed by atoms with E-state index >= 15 is 0 Å². The van der Waals surface area contributed by atoms with Gasteiger partial charge >= 0.3 is 10.2 Å². The summed E-state index contributed by atoms with van der Waals surface area (Å²) in [5.41, 5.74) is 0. The number of hydrogen-bond donors (Lipinski definition) is 0. The van der Waals surface area contributed by atoms with Gasteiger partial charge in [0.05, 0.1) is 12.7 Å². The van der Waals surface area contributed by atoms with Crippen molar-refractivity contribution in [2.45, 2.75) is 6.10 Å². The summed E-state index contributed by atoms with van der Waals surface area (Å²) in [6.45, 7) is 0.378. The molecule has 0 bridgehead atoms. The van der Waals surface area contributed by atoms with E-state index in [0.29, 0.717) is 6.61 Å². The topological polar surface area (TPSA) is 46.7 Å². The molecule has 8 heavy (non-hydrogen) atoms. The summed E-state index contributed by atoms with van der Waals surface area (Å²) >= 11 is 0. The van der Waals surface area contributed by atoms with Crippen molar-refractivity contribution in [1.82, 2.24) is 0 Å². The lowest BCUT2D eigenvalue weighted by molar-refractivity contribution is 0.420. The monoisotopic (exact) mass is 140 g/mol. The van der Waals surface area contributed by atoms with E-state index in [1.807, 2.05) is 0 Å². The molecule has 0 radical (unpaired) electrons. The fourth-order valence-corrected chi connectivity index (χ4v) is 1.02. The molecule has 1 rings (SSSR count). The number of hydrogen-bond acceptors (Lipinski definition) is 3. The van der Waals surface area contributed by atoms with Gasteiger partial charge in [0, 0.05) is 0 Å². The fraction of sp³-hybridized carbons (Fsp3) is 1.00. The molecule has 0 aliphatic carbocycles. The van der Waals surface area contributed by atoms with Crippen LogP contribution >= 0.6 is 0 Å². The van der Waals surface area contributed by atoms with Gasteiger partial charge in [-0.1, -0.05) is 0 Å². The van der Waals surface area contributed by atoms with E-state index in [4.69, 9.17) is 0 Å². The van der Waals surface area contributed by atoms with Crippen LogP contribution in [0.2, 0.25) is 0 Å². The second-order valence-electron chi connectivity index (χ2n) is 1.66. The Morgan fingerprint density at radius 3 is 2.38 bits per heavy atom. The third-order valence-corrected chi connectivity index (χ3v) is 1.56. The summed E-state index contributed by atoms with van der Waals surface area (Å²) < 4.78 is 35.5. The van der Waals surface area contributed by atoms with Crippen LogP contribution in [0.4, 0.5) is 3.89 Å². The minimum Gasteiger partial charge on any atom is -0.372 e. The minimum atomic E-state index is -4.29. The van der Waals surface area contributed by atoms with Crippen LogP contribution < -0.4 is 0 Å². The van der Waals surface area contributed by atoms with Crippen molar-refractivity contribution < 1.29 is 17.0 Å². The first-order chi connectivity index (χ1) is 3.58. The second-order valence-corrected chi connectivity index (χ2v) is 3.07. The van der Waals surface area contributed by atoms with Gasteiger partial charge in [-0.25, -0.2) is 0 Å². The second kappa shape index (κ2) is 1.66. The van der Waals surface area contributed by atoms with Gasteiger partial charge < -0.3 is 4.74 Å². The Labute approximate surface area is 46.7 Å². The van der Waals surface area contributed by atoms with Gasteiger partial charge in [0.1, 0.15) is 5.75 Å². The summed E-state index contributed by atoms with van der Waals surface area (Å²) in [7, 11) is -4.29. The van der Waals surface area contributed by atoms with E-state index in [2.05, 4.69) is 4.74 Å². The third kappa shape index (κ3) is 2.23. The van der Waals surface area contributed by atoms with Gasteiger partial charge in [0.25, 0.3) is 0 Å². The molecule has 0 amide bonds. The number of ether oxygens (including phenoxy) is 1. The highest BCUT2D eigenvalue weighted by atomic mass is 32.3. The van der Waals surface area contributed by atoms with Gasteiger partial charge in [-0.3, -0.25) is 0 Å². The molecule has 1 saturated heterocycles. The molecule has 0 unspecified atom stereocenters. The van der Waals surface area contributed by atoms with E-state index in [1.54, 1.807) is 0 Å². The Morgan fingerprint density at radius 2 is 2.25 bits per heavy atom. The van der Waals surface area contributed by atoms with Gasteiger partial charge in [0.2, 0.25) is 0 Å². The van der Waals surface area contributed by atoms with Crippen LogP contribution in [0.25, 0.3) is 0 Å². The molecule has 1 fully saturated rings. The average molecular weight is 140 g/mol. The van der Waals surface area contributed by atoms with E-state index < -0.39 is 16.0 Å². The molecule has 1 aliphatic heterocycles. The zero-order valence-corrected chi connectivity index (χ0v) is 4.82. The fourth-order valence-electron chi connectivity index (χ4n) is 0.386. The summed E-state index contributed by atoms with van der Waals surface area (Å²) in [5.74, 6) is -0.479. The van der Waals surface area contributed by atoms with Gasteiger partial charge in [-0.05, 0) is 0 Å². The smallest absolute Gasteiger partial charge is 0.305 e. The Hall–Kier alpha value is -0.160. The predicted molar refractivity (Wildman–Crippen MR) is 24.6 cm³/mol. The van der Waals surface area contributed by atoms with Crippen LogP contribution in [0.5, 0.6) is 0 Å². The SMILES string of the molecule is O=S(=O)(F)C[C@@H]1CO1. The molecule has 0 aromatic rings. The molecule has 48 valence electrons. The summed E-state index contributed by atoms with van der Waals surface area (Å²) in [6.07, 6.45) is -0.370. The maximum Gasteiger partial charge on any atom is 0.305 e. The van der Waals surface area contributed by atoms with Gasteiger partial charge in [-0.2, -0.15) is 8.42 Å². The van der Waals surface area contributed by atoms with Crippen molar-refractivity contribution in [1.29, 1.82) is 0 Å². The van der Waals surface area contributed by atoms with Crippen LogP contribution in [0.3, 0.4) is 0 Å². The van der Waals surface area contributed by atoms with Gasteiger partial charge in [0.15, 0.2) is 0 Å². The lowest BCUT2D eigenvalue weighted by atomic mass is 10.6. The molecular formula is C3H5FO3S. The van der Waals surface area contributed by atoms with Crippen LogP contribution in [0.15, 0.2) is 0 Å². The Balaban J connectivity index is 2.38. The predicted octanol–water partition coefficient (Wildman–Crippen LogP) is -0.315. The summed E-state index contributed by atoms with van der Waals surface area (Å²) in [4.78, 5) is 0. The standard InChI is InChI=1S/C3H5FO3S/c4-8(5,6)2-3-1-7-3/h3H,1-2H2/t3-/m0/s1. The summed E-state index contributed by atoms with van der Waals surface area (Å²) in [5, 5.41) is 0. The number of rotatable bonds is 2. The number of halogens is 1. The highest BCUT2D eigenvalue weighted by Crippen LogP contribution is 2.11. The largest absolute Gasteiger partial charge is 0.372 e. The maximum atomic E-state index is 11.6. The van der Waals surface area contributed by atoms with Crippen molar-refractivity contribution in [2.24, 2.45) is 0 Å². The molecule has 0 saturated carbocycles. The van der Waals surface area contributed by atoms with E-state index in [-0.39, 0.29) is 6.10 Å². The normalized spacial score (nSPS) is 27.9. The zero-order chi connectivity index (χ0) is 6.20. The third-order valence-electron chi connectivity index (χ3n) is 0.787. The molecule has 0 spiro atoms. The molecule has 5 heteroatoms. The van der Waals surface area contributed by atoms with Crippen molar-refractivity contribution >= 4 is 10.2 Å². The Bertz CT molecular complexity index is 169. The molecule has 3 nitrogen and oxygen atoms in total. The first-order valence-electron chi connectivity index (χ1n) is 2.12.